The van der Waals surface area contributed by atoms with E-state index in [0.29, 0.717) is 16.5 Å². The van der Waals surface area contributed by atoms with Crippen molar-refractivity contribution < 1.29 is 13.2 Å². The Morgan fingerprint density at radius 1 is 0.857 bits per heavy atom. The van der Waals surface area contributed by atoms with Crippen LogP contribution in [-0.4, -0.2) is 4.98 Å². The third kappa shape index (κ3) is 2.72. The summed E-state index contributed by atoms with van der Waals surface area (Å²) in [6.07, 6.45) is 1.44. The van der Waals surface area contributed by atoms with Gasteiger partial charge in [0.1, 0.15) is 17.5 Å². The summed E-state index contributed by atoms with van der Waals surface area (Å²) < 4.78 is 39.9. The average Bonchev–Trinajstić information content (AvgIpc) is 2.47. The Morgan fingerprint density at radius 3 is 2.38 bits per heavy atom. The Kier molecular flexibility index (Phi) is 3.33. The normalized spacial score (nSPS) is 10.2. The molecule has 21 heavy (non-hydrogen) atoms. The van der Waals surface area contributed by atoms with Gasteiger partial charge in [0.2, 0.25) is 0 Å². The van der Waals surface area contributed by atoms with Gasteiger partial charge in [0.15, 0.2) is 0 Å². The molecule has 0 saturated heterocycles. The summed E-state index contributed by atoms with van der Waals surface area (Å²) in [5, 5.41) is 0.706. The van der Waals surface area contributed by atoms with Crippen molar-refractivity contribution in [3.05, 3.63) is 77.2 Å². The topological polar surface area (TPSA) is 12.9 Å². The van der Waals surface area contributed by atoms with Crippen molar-refractivity contribution in [3.8, 4) is 11.8 Å². The number of halogens is 3. The summed E-state index contributed by atoms with van der Waals surface area (Å²) in [6, 6.07) is 9.46. The molecule has 2 aromatic carbocycles. The Bertz CT molecular complexity index is 871. The molecule has 0 unspecified atom stereocenters. The van der Waals surface area contributed by atoms with Crippen molar-refractivity contribution in [2.75, 3.05) is 0 Å². The number of nitrogens with zero attached hydrogens (tertiary/aromatic N) is 1. The van der Waals surface area contributed by atoms with Crippen molar-refractivity contribution in [2.45, 2.75) is 0 Å². The molecule has 1 heterocycles. The van der Waals surface area contributed by atoms with Crippen LogP contribution in [0.2, 0.25) is 0 Å². The van der Waals surface area contributed by atoms with Crippen LogP contribution in [0.5, 0.6) is 0 Å². The molecule has 0 N–H and O–H groups in total. The lowest BCUT2D eigenvalue weighted by molar-refractivity contribution is 0.577. The molecule has 0 aliphatic carbocycles. The fourth-order valence-electron chi connectivity index (χ4n) is 1.91. The summed E-state index contributed by atoms with van der Waals surface area (Å²) in [7, 11) is 0. The van der Waals surface area contributed by atoms with Gasteiger partial charge < -0.3 is 0 Å². The summed E-state index contributed by atoms with van der Waals surface area (Å²) in [5.41, 5.74) is 0.714. The van der Waals surface area contributed by atoms with Gasteiger partial charge >= 0.3 is 0 Å². The van der Waals surface area contributed by atoms with Crippen LogP contribution < -0.4 is 0 Å². The summed E-state index contributed by atoms with van der Waals surface area (Å²) in [4.78, 5) is 4.07. The number of hydrogen-bond donors (Lipinski definition) is 0. The van der Waals surface area contributed by atoms with E-state index in [0.717, 1.165) is 12.1 Å². The van der Waals surface area contributed by atoms with Crippen molar-refractivity contribution in [1.82, 2.24) is 4.98 Å². The zero-order valence-corrected chi connectivity index (χ0v) is 10.7. The first-order chi connectivity index (χ1) is 10.1. The highest BCUT2D eigenvalue weighted by atomic mass is 19.1. The first kappa shape index (κ1) is 13.2. The monoisotopic (exact) mass is 283 g/mol. The number of rotatable bonds is 0. The maximum Gasteiger partial charge on any atom is 0.141 e. The molecule has 1 nitrogen and oxygen atoms in total. The molecular weight excluding hydrogens is 275 g/mol. The molecule has 0 atom stereocenters. The van der Waals surface area contributed by atoms with E-state index < -0.39 is 11.6 Å². The van der Waals surface area contributed by atoms with Gasteiger partial charge in [-0.15, -0.1) is 0 Å². The van der Waals surface area contributed by atoms with Crippen LogP contribution in [0, 0.1) is 29.3 Å². The molecule has 0 radical (unpaired) electrons. The van der Waals surface area contributed by atoms with Gasteiger partial charge in [0, 0.05) is 23.2 Å². The third-order valence-corrected chi connectivity index (χ3v) is 2.94. The van der Waals surface area contributed by atoms with Gasteiger partial charge in [-0.05, 0) is 30.3 Å². The number of benzene rings is 2. The molecule has 0 spiro atoms. The van der Waals surface area contributed by atoms with Crippen LogP contribution in [-0.2, 0) is 0 Å². The van der Waals surface area contributed by atoms with E-state index in [-0.39, 0.29) is 11.4 Å². The minimum absolute atomic E-state index is 0.281. The van der Waals surface area contributed by atoms with E-state index in [9.17, 15) is 13.2 Å². The second kappa shape index (κ2) is 5.29. The Labute approximate surface area is 119 Å². The minimum atomic E-state index is -0.710. The highest BCUT2D eigenvalue weighted by molar-refractivity contribution is 5.79. The lowest BCUT2D eigenvalue weighted by Crippen LogP contribution is -1.89. The number of fused-ring (bicyclic) bond motifs is 1. The molecule has 0 aliphatic rings. The van der Waals surface area contributed by atoms with Gasteiger partial charge in [0.05, 0.1) is 11.1 Å². The van der Waals surface area contributed by atoms with Crippen molar-refractivity contribution >= 4 is 10.9 Å². The molecule has 3 aromatic rings. The number of pyridine rings is 1. The fraction of sp³-hybridized carbons (Fsp3) is 0. The zero-order chi connectivity index (χ0) is 14.8. The SMILES string of the molecule is Fc1ccc2cc(C#Cc3c(F)cccc3F)cnc2c1. The molecule has 0 aliphatic heterocycles. The summed E-state index contributed by atoms with van der Waals surface area (Å²) in [6.45, 7) is 0. The molecule has 3 rings (SSSR count). The highest BCUT2D eigenvalue weighted by Gasteiger charge is 2.04. The van der Waals surface area contributed by atoms with Crippen molar-refractivity contribution in [1.29, 1.82) is 0 Å². The Morgan fingerprint density at radius 2 is 1.62 bits per heavy atom. The first-order valence-electron chi connectivity index (χ1n) is 6.15. The Balaban J connectivity index is 2.03. The lowest BCUT2D eigenvalue weighted by Gasteiger charge is -1.98. The number of aromatic nitrogens is 1. The molecular formula is C17H8F3N. The van der Waals surface area contributed by atoms with E-state index in [1.54, 1.807) is 12.1 Å². The van der Waals surface area contributed by atoms with Gasteiger partial charge in [-0.2, -0.15) is 0 Å². The van der Waals surface area contributed by atoms with Gasteiger partial charge in [0.25, 0.3) is 0 Å². The van der Waals surface area contributed by atoms with Crippen LogP contribution in [0.4, 0.5) is 13.2 Å². The summed E-state index contributed by atoms with van der Waals surface area (Å²) >= 11 is 0. The van der Waals surface area contributed by atoms with Crippen LogP contribution in [0.25, 0.3) is 10.9 Å². The summed E-state index contributed by atoms with van der Waals surface area (Å²) in [5.74, 6) is 3.33. The quantitative estimate of drug-likeness (QED) is 0.567. The minimum Gasteiger partial charge on any atom is -0.255 e. The van der Waals surface area contributed by atoms with E-state index in [4.69, 9.17) is 0 Å². The van der Waals surface area contributed by atoms with Crippen LogP contribution >= 0.6 is 0 Å². The largest absolute Gasteiger partial charge is 0.255 e. The van der Waals surface area contributed by atoms with Gasteiger partial charge in [-0.1, -0.05) is 17.9 Å². The van der Waals surface area contributed by atoms with E-state index in [1.807, 2.05) is 0 Å². The maximum atomic E-state index is 13.5. The molecule has 0 saturated carbocycles. The van der Waals surface area contributed by atoms with Crippen molar-refractivity contribution in [2.24, 2.45) is 0 Å². The second-order valence-electron chi connectivity index (χ2n) is 4.41. The lowest BCUT2D eigenvalue weighted by atomic mass is 10.1. The molecule has 0 fully saturated rings. The average molecular weight is 283 g/mol. The zero-order valence-electron chi connectivity index (χ0n) is 10.7. The first-order valence-corrected chi connectivity index (χ1v) is 6.15. The predicted octanol–water partition coefficient (Wildman–Crippen LogP) is 4.05. The maximum absolute atomic E-state index is 13.5. The van der Waals surface area contributed by atoms with Gasteiger partial charge in [-0.3, -0.25) is 4.98 Å². The third-order valence-electron chi connectivity index (χ3n) is 2.94. The predicted molar refractivity (Wildman–Crippen MR) is 74.0 cm³/mol. The second-order valence-corrected chi connectivity index (χ2v) is 4.41. The standard InChI is InChI=1S/C17H8F3N/c18-13-6-5-12-8-11(10-21-17(12)9-13)4-7-14-15(19)2-1-3-16(14)20/h1-3,5-6,8-10H. The molecule has 102 valence electrons. The van der Waals surface area contributed by atoms with E-state index in [1.165, 1.54) is 24.4 Å². The number of hydrogen-bond acceptors (Lipinski definition) is 1. The Hall–Kier alpha value is -2.80. The van der Waals surface area contributed by atoms with Crippen molar-refractivity contribution in [3.63, 3.8) is 0 Å². The fourth-order valence-corrected chi connectivity index (χ4v) is 1.91. The molecule has 4 heteroatoms. The van der Waals surface area contributed by atoms with E-state index >= 15 is 0 Å². The van der Waals surface area contributed by atoms with Crippen LogP contribution in [0.15, 0.2) is 48.7 Å². The molecule has 1 aromatic heterocycles. The van der Waals surface area contributed by atoms with E-state index in [2.05, 4.69) is 16.8 Å². The molecule has 0 amide bonds. The smallest absolute Gasteiger partial charge is 0.141 e. The molecule has 0 bridgehead atoms. The highest BCUT2D eigenvalue weighted by Crippen LogP contribution is 2.15. The van der Waals surface area contributed by atoms with Crippen LogP contribution in [0.1, 0.15) is 11.1 Å². The van der Waals surface area contributed by atoms with Gasteiger partial charge in [-0.25, -0.2) is 13.2 Å². The van der Waals surface area contributed by atoms with Crippen LogP contribution in [0.3, 0.4) is 0 Å².